The molecule has 1 unspecified atom stereocenters. The molecule has 3 heterocycles. The Morgan fingerprint density at radius 1 is 1.12 bits per heavy atom. The third-order valence-electron chi connectivity index (χ3n) is 4.01. The molecule has 1 aromatic carbocycles. The lowest BCUT2D eigenvalue weighted by molar-refractivity contribution is 0.860. The predicted molar refractivity (Wildman–Crippen MR) is 102 cm³/mol. The molecule has 0 fully saturated rings. The Bertz CT molecular complexity index is 1010. The molecule has 1 N–H and O–H groups in total. The number of nitrogens with zero attached hydrogens (tertiary/aromatic N) is 4. The highest BCUT2D eigenvalue weighted by Gasteiger charge is 2.10. The fourth-order valence-corrected chi connectivity index (χ4v) is 3.46. The molecule has 0 amide bonds. The third kappa shape index (κ3) is 3.34. The number of benzene rings is 1. The van der Waals surface area contributed by atoms with Gasteiger partial charge in [-0.25, -0.2) is 15.0 Å². The minimum Gasteiger partial charge on any atom is -0.363 e. The van der Waals surface area contributed by atoms with Crippen molar-refractivity contribution in [3.05, 3.63) is 65.7 Å². The molecule has 0 aliphatic heterocycles. The molecular weight excluding hydrogens is 330 g/mol. The molecule has 124 valence electrons. The number of anilines is 1. The van der Waals surface area contributed by atoms with Crippen molar-refractivity contribution in [3.63, 3.8) is 0 Å². The van der Waals surface area contributed by atoms with Gasteiger partial charge in [0.2, 0.25) is 0 Å². The number of hydrogen-bond acceptors (Lipinski definition) is 6. The Kier molecular flexibility index (Phi) is 4.11. The molecule has 0 saturated carbocycles. The second-order valence-electron chi connectivity index (χ2n) is 5.87. The van der Waals surface area contributed by atoms with Crippen LogP contribution in [0.5, 0.6) is 0 Å². The largest absolute Gasteiger partial charge is 0.363 e. The van der Waals surface area contributed by atoms with Crippen LogP contribution in [0.15, 0.2) is 54.3 Å². The molecule has 0 saturated heterocycles. The quantitative estimate of drug-likeness (QED) is 0.583. The standard InChI is InChI=1S/C19H17N5S/c1-12(15-4-3-7-20-10-15)22-19-9-17(23-13(2)24-19)14-5-6-16-18(8-14)25-11-21-16/h3-12H,1-2H3,(H,22,23,24). The summed E-state index contributed by atoms with van der Waals surface area (Å²) in [6, 6.07) is 12.3. The summed E-state index contributed by atoms with van der Waals surface area (Å²) in [5.74, 6) is 1.55. The molecule has 25 heavy (non-hydrogen) atoms. The van der Waals surface area contributed by atoms with Crippen LogP contribution in [0.25, 0.3) is 21.5 Å². The van der Waals surface area contributed by atoms with Gasteiger partial charge in [-0.2, -0.15) is 0 Å². The van der Waals surface area contributed by atoms with Gasteiger partial charge in [0.1, 0.15) is 11.6 Å². The Hall–Kier alpha value is -2.86. The van der Waals surface area contributed by atoms with E-state index in [4.69, 9.17) is 0 Å². The Labute approximate surface area is 149 Å². The highest BCUT2D eigenvalue weighted by Crippen LogP contribution is 2.27. The first-order valence-electron chi connectivity index (χ1n) is 8.05. The van der Waals surface area contributed by atoms with E-state index >= 15 is 0 Å². The second-order valence-corrected chi connectivity index (χ2v) is 6.76. The monoisotopic (exact) mass is 347 g/mol. The van der Waals surface area contributed by atoms with Gasteiger partial charge >= 0.3 is 0 Å². The summed E-state index contributed by atoms with van der Waals surface area (Å²) in [5.41, 5.74) is 5.97. The molecule has 0 aliphatic carbocycles. The number of pyridine rings is 1. The fraction of sp³-hybridized carbons (Fsp3) is 0.158. The lowest BCUT2D eigenvalue weighted by Crippen LogP contribution is -2.09. The average molecular weight is 347 g/mol. The Morgan fingerprint density at radius 3 is 2.88 bits per heavy atom. The van der Waals surface area contributed by atoms with Crippen molar-refractivity contribution in [1.29, 1.82) is 0 Å². The molecule has 5 nitrogen and oxygen atoms in total. The zero-order valence-electron chi connectivity index (χ0n) is 14.0. The van der Waals surface area contributed by atoms with E-state index < -0.39 is 0 Å². The van der Waals surface area contributed by atoms with Crippen LogP contribution in [0.4, 0.5) is 5.82 Å². The van der Waals surface area contributed by atoms with Crippen LogP contribution in [-0.2, 0) is 0 Å². The maximum Gasteiger partial charge on any atom is 0.130 e. The lowest BCUT2D eigenvalue weighted by atomic mass is 10.1. The van der Waals surface area contributed by atoms with Gasteiger partial charge in [0.25, 0.3) is 0 Å². The van der Waals surface area contributed by atoms with Gasteiger partial charge in [-0.15, -0.1) is 11.3 Å². The summed E-state index contributed by atoms with van der Waals surface area (Å²) in [7, 11) is 0. The number of nitrogens with one attached hydrogen (secondary N) is 1. The maximum absolute atomic E-state index is 4.60. The van der Waals surface area contributed by atoms with Crippen molar-refractivity contribution in [2.24, 2.45) is 0 Å². The van der Waals surface area contributed by atoms with Crippen LogP contribution < -0.4 is 5.32 Å². The van der Waals surface area contributed by atoms with Crippen LogP contribution in [0.2, 0.25) is 0 Å². The van der Waals surface area contributed by atoms with Crippen molar-refractivity contribution >= 4 is 27.4 Å². The van der Waals surface area contributed by atoms with Crippen LogP contribution in [0.1, 0.15) is 24.4 Å². The van der Waals surface area contributed by atoms with E-state index in [0.29, 0.717) is 0 Å². The van der Waals surface area contributed by atoms with Crippen molar-refractivity contribution in [2.45, 2.75) is 19.9 Å². The molecular formula is C19H17N5S. The van der Waals surface area contributed by atoms with Gasteiger partial charge < -0.3 is 5.32 Å². The smallest absolute Gasteiger partial charge is 0.130 e. The normalized spacial score (nSPS) is 12.2. The second kappa shape index (κ2) is 6.57. The number of fused-ring (bicyclic) bond motifs is 1. The SMILES string of the molecule is Cc1nc(NC(C)c2cccnc2)cc(-c2ccc3ncsc3c2)n1. The van der Waals surface area contributed by atoms with E-state index in [2.05, 4.69) is 50.4 Å². The Morgan fingerprint density at radius 2 is 2.04 bits per heavy atom. The molecule has 4 rings (SSSR count). The van der Waals surface area contributed by atoms with Gasteiger partial charge in [0, 0.05) is 24.0 Å². The summed E-state index contributed by atoms with van der Waals surface area (Å²) < 4.78 is 1.16. The van der Waals surface area contributed by atoms with Gasteiger partial charge in [0.15, 0.2) is 0 Å². The van der Waals surface area contributed by atoms with Crippen molar-refractivity contribution < 1.29 is 0 Å². The minimum absolute atomic E-state index is 0.111. The predicted octanol–water partition coefficient (Wildman–Crippen LogP) is 4.63. The molecule has 0 spiro atoms. The highest BCUT2D eigenvalue weighted by atomic mass is 32.1. The summed E-state index contributed by atoms with van der Waals surface area (Å²) in [6.45, 7) is 4.01. The van der Waals surface area contributed by atoms with Gasteiger partial charge in [-0.05, 0) is 37.6 Å². The first kappa shape index (κ1) is 15.7. The van der Waals surface area contributed by atoms with Crippen molar-refractivity contribution in [3.8, 4) is 11.3 Å². The van der Waals surface area contributed by atoms with Gasteiger partial charge in [-0.1, -0.05) is 12.1 Å². The molecule has 6 heteroatoms. The Balaban J connectivity index is 1.66. The summed E-state index contributed by atoms with van der Waals surface area (Å²) >= 11 is 1.64. The van der Waals surface area contributed by atoms with E-state index in [1.54, 1.807) is 17.5 Å². The summed E-state index contributed by atoms with van der Waals surface area (Å²) in [5, 5.41) is 3.44. The third-order valence-corrected chi connectivity index (χ3v) is 4.81. The number of rotatable bonds is 4. The van der Waals surface area contributed by atoms with Crippen molar-refractivity contribution in [2.75, 3.05) is 5.32 Å². The molecule has 1 atom stereocenters. The molecule has 4 aromatic rings. The molecule has 0 radical (unpaired) electrons. The topological polar surface area (TPSA) is 63.6 Å². The van der Waals surface area contributed by atoms with E-state index in [9.17, 15) is 0 Å². The van der Waals surface area contributed by atoms with Crippen LogP contribution in [0.3, 0.4) is 0 Å². The van der Waals surface area contributed by atoms with Crippen molar-refractivity contribution in [1.82, 2.24) is 19.9 Å². The number of thiazole rings is 1. The minimum atomic E-state index is 0.111. The first-order chi connectivity index (χ1) is 12.2. The van der Waals surface area contributed by atoms with Crippen LogP contribution in [0, 0.1) is 6.92 Å². The van der Waals surface area contributed by atoms with E-state index in [0.717, 1.165) is 38.7 Å². The molecule has 0 aliphatic rings. The number of aromatic nitrogens is 4. The zero-order chi connectivity index (χ0) is 17.2. The number of aryl methyl sites for hydroxylation is 1. The fourth-order valence-electron chi connectivity index (χ4n) is 2.74. The van der Waals surface area contributed by atoms with E-state index in [1.807, 2.05) is 36.8 Å². The molecule has 0 bridgehead atoms. The highest BCUT2D eigenvalue weighted by molar-refractivity contribution is 7.16. The number of hydrogen-bond donors (Lipinski definition) is 1. The summed E-state index contributed by atoms with van der Waals surface area (Å²) in [4.78, 5) is 17.6. The first-order valence-corrected chi connectivity index (χ1v) is 8.93. The molecule has 3 aromatic heterocycles. The maximum atomic E-state index is 4.60. The lowest BCUT2D eigenvalue weighted by Gasteiger charge is -2.15. The van der Waals surface area contributed by atoms with E-state index in [1.165, 1.54) is 0 Å². The summed E-state index contributed by atoms with van der Waals surface area (Å²) in [6.07, 6.45) is 3.64. The van der Waals surface area contributed by atoms with Crippen LogP contribution >= 0.6 is 11.3 Å². The zero-order valence-corrected chi connectivity index (χ0v) is 14.8. The van der Waals surface area contributed by atoms with E-state index in [-0.39, 0.29) is 6.04 Å². The average Bonchev–Trinajstić information content (AvgIpc) is 3.09. The van der Waals surface area contributed by atoms with Crippen LogP contribution in [-0.4, -0.2) is 19.9 Å². The van der Waals surface area contributed by atoms with Gasteiger partial charge in [0.05, 0.1) is 27.5 Å². The van der Waals surface area contributed by atoms with Gasteiger partial charge in [-0.3, -0.25) is 4.98 Å².